The number of nitrogens with two attached hydrogens (primary N) is 1. The molecule has 0 spiro atoms. The highest BCUT2D eigenvalue weighted by Gasteiger charge is 2.51. The monoisotopic (exact) mass is 365 g/mol. The number of aromatic amines is 1. The topological polar surface area (TPSA) is 93.6 Å². The van der Waals surface area contributed by atoms with Gasteiger partial charge in [0.1, 0.15) is 0 Å². The van der Waals surface area contributed by atoms with E-state index < -0.39 is 5.41 Å². The van der Waals surface area contributed by atoms with E-state index >= 15 is 0 Å². The van der Waals surface area contributed by atoms with E-state index in [1.54, 1.807) is 0 Å². The number of primary amides is 1. The highest BCUT2D eigenvalue weighted by molar-refractivity contribution is 5.89. The van der Waals surface area contributed by atoms with Crippen LogP contribution in [0.15, 0.2) is 24.4 Å². The van der Waals surface area contributed by atoms with Crippen LogP contribution in [-0.4, -0.2) is 40.9 Å². The SMILES string of the molecule is CC(C)C1(C(N)=O)C[C@@H]2c3cccc4[nH]cc(c34)C[C@H]2N(C)C1.Cl.O. The van der Waals surface area contributed by atoms with Gasteiger partial charge in [0.15, 0.2) is 0 Å². The number of carbonyl (C=O) groups excluding carboxylic acids is 1. The van der Waals surface area contributed by atoms with Crippen molar-refractivity contribution in [1.29, 1.82) is 0 Å². The maximum absolute atomic E-state index is 12.4. The fraction of sp³-hybridized carbons (Fsp3) is 0.526. The number of fused-ring (bicyclic) bond motifs is 2. The molecule has 2 aliphatic rings. The van der Waals surface area contributed by atoms with Crippen LogP contribution in [0.1, 0.15) is 37.3 Å². The van der Waals surface area contributed by atoms with Crippen LogP contribution in [0, 0.1) is 11.3 Å². The minimum Gasteiger partial charge on any atom is -0.412 e. The van der Waals surface area contributed by atoms with Gasteiger partial charge in [-0.25, -0.2) is 0 Å². The van der Waals surface area contributed by atoms with Crippen molar-refractivity contribution < 1.29 is 10.3 Å². The molecule has 0 radical (unpaired) electrons. The van der Waals surface area contributed by atoms with Gasteiger partial charge in [-0.1, -0.05) is 26.0 Å². The Hall–Kier alpha value is -1.56. The number of piperidine rings is 1. The number of carbonyl (C=O) groups is 1. The van der Waals surface area contributed by atoms with Crippen LogP contribution < -0.4 is 5.73 Å². The third-order valence-corrected chi connectivity index (χ3v) is 6.39. The number of hydrogen-bond acceptors (Lipinski definition) is 2. The minimum absolute atomic E-state index is 0. The molecule has 2 aromatic rings. The maximum atomic E-state index is 12.4. The number of nitrogens with zero attached hydrogens (tertiary/aromatic N) is 1. The van der Waals surface area contributed by atoms with Gasteiger partial charge in [0.2, 0.25) is 5.91 Å². The zero-order chi connectivity index (χ0) is 16.4. The molecule has 6 heteroatoms. The second kappa shape index (κ2) is 6.63. The molecule has 3 atom stereocenters. The summed E-state index contributed by atoms with van der Waals surface area (Å²) in [6, 6.07) is 6.95. The summed E-state index contributed by atoms with van der Waals surface area (Å²) in [7, 11) is 2.15. The Balaban J connectivity index is 0.00000113. The lowest BCUT2D eigenvalue weighted by Gasteiger charge is -2.51. The molecule has 1 amide bonds. The highest BCUT2D eigenvalue weighted by Crippen LogP contribution is 2.50. The first-order valence-electron chi connectivity index (χ1n) is 8.53. The smallest absolute Gasteiger partial charge is 0.225 e. The number of nitrogens with one attached hydrogen (secondary N) is 1. The number of hydrogen-bond donors (Lipinski definition) is 2. The lowest BCUT2D eigenvalue weighted by Crippen LogP contribution is -2.58. The summed E-state index contributed by atoms with van der Waals surface area (Å²) in [6.07, 6.45) is 4.06. The molecule has 1 unspecified atom stereocenters. The number of H-pyrrole nitrogens is 1. The predicted octanol–water partition coefficient (Wildman–Crippen LogP) is 2.24. The van der Waals surface area contributed by atoms with Gasteiger partial charge in [0.05, 0.1) is 5.41 Å². The second-order valence-corrected chi connectivity index (χ2v) is 7.76. The summed E-state index contributed by atoms with van der Waals surface area (Å²) in [5, 5.41) is 1.37. The van der Waals surface area contributed by atoms with Gasteiger partial charge in [-0.2, -0.15) is 0 Å². The highest BCUT2D eigenvalue weighted by atomic mass is 35.5. The van der Waals surface area contributed by atoms with Crippen molar-refractivity contribution in [2.24, 2.45) is 17.1 Å². The summed E-state index contributed by atoms with van der Waals surface area (Å²) >= 11 is 0. The summed E-state index contributed by atoms with van der Waals surface area (Å²) in [5.74, 6) is 0.468. The third kappa shape index (κ3) is 2.65. The lowest BCUT2D eigenvalue weighted by atomic mass is 9.62. The molecule has 4 rings (SSSR count). The Kier molecular flexibility index (Phi) is 5.24. The molecular formula is C19H28ClN3O2. The molecule has 5 N–H and O–H groups in total. The molecule has 2 heterocycles. The second-order valence-electron chi connectivity index (χ2n) is 7.76. The number of rotatable bonds is 2. The maximum Gasteiger partial charge on any atom is 0.225 e. The molecule has 1 fully saturated rings. The van der Waals surface area contributed by atoms with Gasteiger partial charge in [-0.15, -0.1) is 12.4 Å². The van der Waals surface area contributed by atoms with Gasteiger partial charge < -0.3 is 21.1 Å². The number of aromatic nitrogens is 1. The van der Waals surface area contributed by atoms with Crippen molar-refractivity contribution in [1.82, 2.24) is 9.88 Å². The fourth-order valence-corrected chi connectivity index (χ4v) is 4.94. The first kappa shape index (κ1) is 19.8. The fourth-order valence-electron chi connectivity index (χ4n) is 4.94. The number of benzene rings is 1. The summed E-state index contributed by atoms with van der Waals surface area (Å²) in [4.78, 5) is 18.1. The third-order valence-electron chi connectivity index (χ3n) is 6.39. The largest absolute Gasteiger partial charge is 0.412 e. The van der Waals surface area contributed by atoms with E-state index in [9.17, 15) is 4.79 Å². The van der Waals surface area contributed by atoms with Crippen molar-refractivity contribution in [3.63, 3.8) is 0 Å². The summed E-state index contributed by atoms with van der Waals surface area (Å²) in [6.45, 7) is 5.02. The number of likely N-dealkylation sites (N-methyl/N-ethyl adjacent to an activating group) is 1. The molecule has 25 heavy (non-hydrogen) atoms. The first-order chi connectivity index (χ1) is 10.9. The zero-order valence-corrected chi connectivity index (χ0v) is 15.8. The molecule has 1 aliphatic carbocycles. The van der Waals surface area contributed by atoms with Gasteiger partial charge in [0.25, 0.3) is 0 Å². The van der Waals surface area contributed by atoms with Crippen molar-refractivity contribution in [3.05, 3.63) is 35.5 Å². The van der Waals surface area contributed by atoms with Crippen molar-refractivity contribution in [2.75, 3.05) is 13.6 Å². The lowest BCUT2D eigenvalue weighted by molar-refractivity contribution is -0.136. The standard InChI is InChI=1S/C19H25N3O.ClH.H2O/c1-11(2)19(18(20)23)8-14-13-5-4-6-15-17(13)12(9-21-15)7-16(14)22(3)10-19;;/h4-6,9,11,14,16,21H,7-8,10H2,1-3H3,(H2,20,23);1H;1H2/t14-,16-,19?;;/m1../s1. The van der Waals surface area contributed by atoms with Crippen LogP contribution in [0.25, 0.3) is 10.9 Å². The van der Waals surface area contributed by atoms with E-state index in [2.05, 4.69) is 55.2 Å². The Morgan fingerprint density at radius 2 is 2.12 bits per heavy atom. The molecule has 1 aromatic carbocycles. The Labute approximate surface area is 154 Å². The van der Waals surface area contributed by atoms with Gasteiger partial charge in [-0.05, 0) is 43.0 Å². The molecular weight excluding hydrogens is 338 g/mol. The Bertz CT molecular complexity index is 788. The molecule has 1 aliphatic heterocycles. The molecule has 1 aromatic heterocycles. The molecule has 5 nitrogen and oxygen atoms in total. The van der Waals surface area contributed by atoms with Crippen molar-refractivity contribution in [2.45, 2.75) is 38.6 Å². The van der Waals surface area contributed by atoms with Crippen molar-refractivity contribution in [3.8, 4) is 0 Å². The quantitative estimate of drug-likeness (QED) is 0.853. The van der Waals surface area contributed by atoms with Crippen LogP contribution >= 0.6 is 12.4 Å². The van der Waals surface area contributed by atoms with Gasteiger partial charge >= 0.3 is 0 Å². The predicted molar refractivity (Wildman–Crippen MR) is 103 cm³/mol. The first-order valence-corrected chi connectivity index (χ1v) is 8.53. The number of likely N-dealkylation sites (tertiary alicyclic amines) is 1. The van der Waals surface area contributed by atoms with Gasteiger partial charge in [-0.3, -0.25) is 4.79 Å². The van der Waals surface area contributed by atoms with Crippen LogP contribution in [-0.2, 0) is 11.2 Å². The summed E-state index contributed by atoms with van der Waals surface area (Å²) < 4.78 is 0. The van der Waals surface area contributed by atoms with E-state index in [0.29, 0.717) is 12.0 Å². The average molecular weight is 366 g/mol. The average Bonchev–Trinajstić information content (AvgIpc) is 2.92. The van der Waals surface area contributed by atoms with Crippen molar-refractivity contribution >= 4 is 29.2 Å². The van der Waals surface area contributed by atoms with Crippen LogP contribution in [0.5, 0.6) is 0 Å². The minimum atomic E-state index is -0.439. The summed E-state index contributed by atoms with van der Waals surface area (Å²) in [5.41, 5.74) is 9.44. The van der Waals surface area contributed by atoms with E-state index in [-0.39, 0.29) is 29.7 Å². The van der Waals surface area contributed by atoms with Crippen LogP contribution in [0.2, 0.25) is 0 Å². The van der Waals surface area contributed by atoms with E-state index in [1.165, 1.54) is 22.0 Å². The molecule has 1 saturated heterocycles. The molecule has 0 saturated carbocycles. The number of amides is 1. The molecule has 0 bridgehead atoms. The van der Waals surface area contributed by atoms with E-state index in [4.69, 9.17) is 5.73 Å². The van der Waals surface area contributed by atoms with Gasteiger partial charge in [0, 0.05) is 35.6 Å². The zero-order valence-electron chi connectivity index (χ0n) is 15.0. The van der Waals surface area contributed by atoms with Crippen LogP contribution in [0.4, 0.5) is 0 Å². The van der Waals surface area contributed by atoms with E-state index in [0.717, 1.165) is 19.4 Å². The van der Waals surface area contributed by atoms with Crippen LogP contribution in [0.3, 0.4) is 0 Å². The Morgan fingerprint density at radius 1 is 1.40 bits per heavy atom. The molecule has 138 valence electrons. The number of halogens is 1. The Morgan fingerprint density at radius 3 is 2.76 bits per heavy atom. The normalized spacial score (nSPS) is 28.2. The van der Waals surface area contributed by atoms with E-state index in [1.807, 2.05) is 0 Å².